The first kappa shape index (κ1) is 22.6. The molecule has 1 fully saturated rings. The molecule has 0 unspecified atom stereocenters. The van der Waals surface area contributed by atoms with E-state index in [2.05, 4.69) is 26.0 Å². The predicted molar refractivity (Wildman–Crippen MR) is 119 cm³/mol. The number of rotatable bonds is 5. The fourth-order valence-corrected chi connectivity index (χ4v) is 4.59. The van der Waals surface area contributed by atoms with E-state index in [1.807, 2.05) is 4.90 Å². The van der Waals surface area contributed by atoms with Crippen LogP contribution in [0, 0.1) is 12.7 Å². The molecule has 0 spiro atoms. The standard InChI is InChI=1S/C22H23FN6O3S/c1-13-10-17(26-25-13)20(31)27-28-21(32)18-12-33-22(24-18)15-6-8-29(9-7-15)19(30)11-14-2-4-16(23)5-3-14/h2-5,10,12,15H,6-9,11H2,1H3,(H,25,26)(H,27,31)(H,28,32). The van der Waals surface area contributed by atoms with Crippen LogP contribution in [0.15, 0.2) is 35.7 Å². The molecule has 1 aliphatic heterocycles. The van der Waals surface area contributed by atoms with Gasteiger partial charge in [0.15, 0.2) is 5.69 Å². The molecule has 2 aromatic heterocycles. The summed E-state index contributed by atoms with van der Waals surface area (Å²) in [4.78, 5) is 43.1. The summed E-state index contributed by atoms with van der Waals surface area (Å²) >= 11 is 1.39. The number of thiazole rings is 1. The number of amides is 3. The first-order valence-electron chi connectivity index (χ1n) is 10.5. The summed E-state index contributed by atoms with van der Waals surface area (Å²) in [5.74, 6) is -1.18. The van der Waals surface area contributed by atoms with E-state index in [1.165, 1.54) is 23.5 Å². The van der Waals surface area contributed by atoms with Crippen LogP contribution in [-0.2, 0) is 11.2 Å². The average molecular weight is 471 g/mol. The minimum absolute atomic E-state index is 0.0158. The second-order valence-corrected chi connectivity index (χ2v) is 8.76. The van der Waals surface area contributed by atoms with E-state index in [4.69, 9.17) is 0 Å². The second-order valence-electron chi connectivity index (χ2n) is 7.87. The van der Waals surface area contributed by atoms with E-state index in [-0.39, 0.29) is 35.5 Å². The zero-order valence-corrected chi connectivity index (χ0v) is 18.7. The number of benzene rings is 1. The second kappa shape index (κ2) is 9.90. The Morgan fingerprint density at radius 1 is 1.12 bits per heavy atom. The van der Waals surface area contributed by atoms with Crippen molar-refractivity contribution in [1.82, 2.24) is 30.9 Å². The molecule has 172 valence electrons. The third-order valence-electron chi connectivity index (χ3n) is 5.45. The number of aromatic amines is 1. The molecule has 9 nitrogen and oxygen atoms in total. The lowest BCUT2D eigenvalue weighted by atomic mass is 9.97. The molecule has 0 bridgehead atoms. The lowest BCUT2D eigenvalue weighted by Crippen LogP contribution is -2.42. The first-order chi connectivity index (χ1) is 15.9. The van der Waals surface area contributed by atoms with Gasteiger partial charge in [-0.15, -0.1) is 11.3 Å². The van der Waals surface area contributed by atoms with E-state index in [0.29, 0.717) is 13.1 Å². The Kier molecular flexibility index (Phi) is 6.78. The van der Waals surface area contributed by atoms with Gasteiger partial charge in [0.1, 0.15) is 11.5 Å². The third-order valence-corrected chi connectivity index (χ3v) is 6.46. The topological polar surface area (TPSA) is 120 Å². The third kappa shape index (κ3) is 5.61. The van der Waals surface area contributed by atoms with Crippen LogP contribution in [-0.4, -0.2) is 50.9 Å². The number of likely N-dealkylation sites (tertiary alicyclic amines) is 1. The van der Waals surface area contributed by atoms with E-state index >= 15 is 0 Å². The lowest BCUT2D eigenvalue weighted by molar-refractivity contribution is -0.131. The van der Waals surface area contributed by atoms with Crippen molar-refractivity contribution in [3.8, 4) is 0 Å². The maximum atomic E-state index is 13.0. The van der Waals surface area contributed by atoms with Crippen LogP contribution in [0.3, 0.4) is 0 Å². The number of hydrogen-bond acceptors (Lipinski definition) is 6. The highest BCUT2D eigenvalue weighted by molar-refractivity contribution is 7.09. The lowest BCUT2D eigenvalue weighted by Gasteiger charge is -2.31. The summed E-state index contributed by atoms with van der Waals surface area (Å²) in [6.07, 6.45) is 1.74. The molecule has 11 heteroatoms. The van der Waals surface area contributed by atoms with Gasteiger partial charge in [0.25, 0.3) is 11.8 Å². The molecule has 1 aliphatic rings. The van der Waals surface area contributed by atoms with Crippen molar-refractivity contribution in [2.45, 2.75) is 32.1 Å². The quantitative estimate of drug-likeness (QED) is 0.495. The van der Waals surface area contributed by atoms with E-state index in [9.17, 15) is 18.8 Å². The predicted octanol–water partition coefficient (Wildman–Crippen LogP) is 2.34. The molecule has 3 heterocycles. The summed E-state index contributed by atoms with van der Waals surface area (Å²) in [6.45, 7) is 2.97. The Balaban J connectivity index is 1.26. The number of aromatic nitrogens is 3. The van der Waals surface area contributed by atoms with E-state index < -0.39 is 11.8 Å². The highest BCUT2D eigenvalue weighted by Crippen LogP contribution is 2.30. The summed E-state index contributed by atoms with van der Waals surface area (Å²) in [5, 5.41) is 8.98. The molecular weight excluding hydrogens is 447 g/mol. The van der Waals surface area contributed by atoms with E-state index in [1.54, 1.807) is 30.5 Å². The van der Waals surface area contributed by atoms with Crippen molar-refractivity contribution >= 4 is 29.1 Å². The average Bonchev–Trinajstić information content (AvgIpc) is 3.48. The van der Waals surface area contributed by atoms with Gasteiger partial charge in [0.2, 0.25) is 5.91 Å². The summed E-state index contributed by atoms with van der Waals surface area (Å²) < 4.78 is 13.0. The zero-order valence-electron chi connectivity index (χ0n) is 17.9. The molecule has 1 aromatic carbocycles. The normalized spacial score (nSPS) is 14.2. The Morgan fingerprint density at radius 2 is 1.79 bits per heavy atom. The van der Waals surface area contributed by atoms with Gasteiger partial charge in [-0.2, -0.15) is 5.10 Å². The largest absolute Gasteiger partial charge is 0.342 e. The van der Waals surface area contributed by atoms with Gasteiger partial charge in [-0.1, -0.05) is 12.1 Å². The van der Waals surface area contributed by atoms with Gasteiger partial charge >= 0.3 is 0 Å². The minimum atomic E-state index is -0.527. The van der Waals surface area contributed by atoms with Crippen LogP contribution in [0.2, 0.25) is 0 Å². The molecule has 3 amide bonds. The number of hydrazine groups is 1. The Bertz CT molecular complexity index is 1150. The molecule has 3 aromatic rings. The van der Waals surface area contributed by atoms with Gasteiger partial charge in [0, 0.05) is 30.1 Å². The van der Waals surface area contributed by atoms with Crippen LogP contribution >= 0.6 is 11.3 Å². The van der Waals surface area contributed by atoms with Crippen LogP contribution < -0.4 is 10.9 Å². The van der Waals surface area contributed by atoms with Crippen molar-refractivity contribution in [3.63, 3.8) is 0 Å². The number of hydrogen-bond donors (Lipinski definition) is 3. The number of nitrogens with zero attached hydrogens (tertiary/aromatic N) is 3. The fraction of sp³-hybridized carbons (Fsp3) is 0.318. The van der Waals surface area contributed by atoms with Crippen molar-refractivity contribution in [2.24, 2.45) is 0 Å². The van der Waals surface area contributed by atoms with Crippen LogP contribution in [0.1, 0.15) is 56.0 Å². The number of H-pyrrole nitrogens is 1. The number of halogens is 1. The number of piperidine rings is 1. The summed E-state index contributed by atoms with van der Waals surface area (Å²) in [7, 11) is 0. The minimum Gasteiger partial charge on any atom is -0.342 e. The maximum absolute atomic E-state index is 13.0. The molecular formula is C22H23FN6O3S. The SMILES string of the molecule is Cc1cc(C(=O)NNC(=O)c2csc(C3CCN(C(=O)Cc4ccc(F)cc4)CC3)n2)n[nH]1. The Labute approximate surface area is 193 Å². The first-order valence-corrected chi connectivity index (χ1v) is 11.4. The van der Waals surface area contributed by atoms with Crippen molar-refractivity contribution in [1.29, 1.82) is 0 Å². The maximum Gasteiger partial charge on any atom is 0.290 e. The number of aryl methyl sites for hydroxylation is 1. The Hall–Kier alpha value is -3.60. The monoisotopic (exact) mass is 470 g/mol. The summed E-state index contributed by atoms with van der Waals surface area (Å²) in [5.41, 5.74) is 6.59. The molecule has 3 N–H and O–H groups in total. The zero-order chi connectivity index (χ0) is 23.4. The molecule has 0 atom stereocenters. The fourth-order valence-electron chi connectivity index (χ4n) is 3.62. The van der Waals surface area contributed by atoms with Gasteiger partial charge in [0.05, 0.1) is 11.4 Å². The molecule has 33 heavy (non-hydrogen) atoms. The molecule has 0 aliphatic carbocycles. The van der Waals surface area contributed by atoms with Crippen molar-refractivity contribution in [3.05, 3.63) is 69.2 Å². The highest BCUT2D eigenvalue weighted by Gasteiger charge is 2.26. The van der Waals surface area contributed by atoms with E-state index in [0.717, 1.165) is 29.1 Å². The molecule has 0 saturated carbocycles. The van der Waals surface area contributed by atoms with Crippen molar-refractivity contribution < 1.29 is 18.8 Å². The number of carbonyl (C=O) groups excluding carboxylic acids is 3. The summed E-state index contributed by atoms with van der Waals surface area (Å²) in [6, 6.07) is 7.53. The van der Waals surface area contributed by atoms with Crippen LogP contribution in [0.25, 0.3) is 0 Å². The number of nitrogens with one attached hydrogen (secondary N) is 3. The number of carbonyl (C=O) groups is 3. The van der Waals surface area contributed by atoms with Gasteiger partial charge in [-0.05, 0) is 43.5 Å². The molecule has 4 rings (SSSR count). The van der Waals surface area contributed by atoms with Crippen LogP contribution in [0.5, 0.6) is 0 Å². The Morgan fingerprint density at radius 3 is 2.42 bits per heavy atom. The smallest absolute Gasteiger partial charge is 0.290 e. The van der Waals surface area contributed by atoms with Gasteiger partial charge in [-0.3, -0.25) is 30.3 Å². The van der Waals surface area contributed by atoms with Crippen LogP contribution in [0.4, 0.5) is 4.39 Å². The van der Waals surface area contributed by atoms with Crippen molar-refractivity contribution in [2.75, 3.05) is 13.1 Å². The van der Waals surface area contributed by atoms with Gasteiger partial charge in [-0.25, -0.2) is 9.37 Å². The van der Waals surface area contributed by atoms with Gasteiger partial charge < -0.3 is 4.90 Å². The molecule has 1 saturated heterocycles. The highest BCUT2D eigenvalue weighted by atomic mass is 32.1. The molecule has 0 radical (unpaired) electrons.